The van der Waals surface area contributed by atoms with Crippen LogP contribution in [0.1, 0.15) is 57.7 Å². The topological polar surface area (TPSA) is 21.3 Å². The van der Waals surface area contributed by atoms with Gasteiger partial charge < -0.3 is 10.1 Å². The molecule has 0 saturated heterocycles. The third-order valence-electron chi connectivity index (χ3n) is 3.40. The molecule has 0 heterocycles. The molecule has 0 aliphatic carbocycles. The Morgan fingerprint density at radius 2 is 1.80 bits per heavy atom. The van der Waals surface area contributed by atoms with Crippen LogP contribution in [0, 0.1) is 5.92 Å². The van der Waals surface area contributed by atoms with Crippen LogP contribution in [-0.2, 0) is 11.2 Å². The molecule has 1 aromatic carbocycles. The third kappa shape index (κ3) is 6.53. The average molecular weight is 277 g/mol. The van der Waals surface area contributed by atoms with Gasteiger partial charge in [0, 0.05) is 6.61 Å². The van der Waals surface area contributed by atoms with E-state index in [1.54, 1.807) is 0 Å². The number of hydrogen-bond donors (Lipinski definition) is 1. The number of unbranched alkanes of at least 4 members (excludes halogenated alkanes) is 1. The van der Waals surface area contributed by atoms with Gasteiger partial charge in [-0.15, -0.1) is 0 Å². The quantitative estimate of drug-likeness (QED) is 0.642. The first-order valence-electron chi connectivity index (χ1n) is 8.07. The van der Waals surface area contributed by atoms with Crippen molar-refractivity contribution in [1.82, 2.24) is 5.32 Å². The Bertz CT molecular complexity index is 345. The van der Waals surface area contributed by atoms with E-state index in [9.17, 15) is 0 Å². The predicted molar refractivity (Wildman–Crippen MR) is 87.1 cm³/mol. The first-order valence-corrected chi connectivity index (χ1v) is 8.07. The second kappa shape index (κ2) is 9.95. The van der Waals surface area contributed by atoms with Crippen molar-refractivity contribution in [3.8, 4) is 0 Å². The van der Waals surface area contributed by atoms with Gasteiger partial charge >= 0.3 is 0 Å². The van der Waals surface area contributed by atoms with E-state index in [1.807, 2.05) is 0 Å². The fourth-order valence-electron chi connectivity index (χ4n) is 2.32. The van der Waals surface area contributed by atoms with Crippen LogP contribution in [-0.4, -0.2) is 19.8 Å². The van der Waals surface area contributed by atoms with Gasteiger partial charge in [0.05, 0.1) is 12.6 Å². The normalized spacial score (nSPS) is 12.8. The van der Waals surface area contributed by atoms with Crippen molar-refractivity contribution in [3.63, 3.8) is 0 Å². The zero-order valence-electron chi connectivity index (χ0n) is 13.6. The molecular weight excluding hydrogens is 246 g/mol. The lowest BCUT2D eigenvalue weighted by atomic mass is 9.99. The van der Waals surface area contributed by atoms with Crippen molar-refractivity contribution in [1.29, 1.82) is 0 Å². The molecule has 1 aromatic rings. The zero-order valence-corrected chi connectivity index (χ0v) is 13.6. The molecule has 2 nitrogen and oxygen atoms in total. The van der Waals surface area contributed by atoms with Crippen LogP contribution < -0.4 is 5.32 Å². The minimum Gasteiger partial charge on any atom is -0.379 e. The first-order chi connectivity index (χ1) is 9.67. The van der Waals surface area contributed by atoms with E-state index < -0.39 is 0 Å². The summed E-state index contributed by atoms with van der Waals surface area (Å²) in [5.41, 5.74) is 2.75. The summed E-state index contributed by atoms with van der Waals surface area (Å²) in [6.45, 7) is 11.5. The number of benzene rings is 1. The largest absolute Gasteiger partial charge is 0.379 e. The monoisotopic (exact) mass is 277 g/mol. The highest BCUT2D eigenvalue weighted by molar-refractivity contribution is 5.25. The molecule has 1 atom stereocenters. The summed E-state index contributed by atoms with van der Waals surface area (Å²) >= 11 is 0. The number of nitrogens with one attached hydrogen (secondary N) is 1. The maximum atomic E-state index is 5.78. The Kier molecular flexibility index (Phi) is 8.56. The summed E-state index contributed by atoms with van der Waals surface area (Å²) in [7, 11) is 0. The molecule has 20 heavy (non-hydrogen) atoms. The van der Waals surface area contributed by atoms with Crippen LogP contribution in [0.5, 0.6) is 0 Å². The molecule has 114 valence electrons. The highest BCUT2D eigenvalue weighted by Gasteiger charge is 2.10. The molecule has 0 saturated carbocycles. The molecule has 0 spiro atoms. The van der Waals surface area contributed by atoms with Gasteiger partial charge in [0.2, 0.25) is 0 Å². The summed E-state index contributed by atoms with van der Waals surface area (Å²) in [4.78, 5) is 0. The summed E-state index contributed by atoms with van der Waals surface area (Å²) in [6, 6.07) is 9.31. The third-order valence-corrected chi connectivity index (χ3v) is 3.40. The highest BCUT2D eigenvalue weighted by atomic mass is 16.5. The molecule has 0 aliphatic heterocycles. The van der Waals surface area contributed by atoms with Gasteiger partial charge in [-0.3, -0.25) is 0 Å². The smallest absolute Gasteiger partial charge is 0.0661 e. The van der Waals surface area contributed by atoms with Crippen molar-refractivity contribution >= 4 is 0 Å². The van der Waals surface area contributed by atoms with Crippen molar-refractivity contribution in [3.05, 3.63) is 35.4 Å². The van der Waals surface area contributed by atoms with Crippen LogP contribution in [0.4, 0.5) is 0 Å². The Hall–Kier alpha value is -0.860. The maximum Gasteiger partial charge on any atom is 0.0661 e. The molecule has 2 heteroatoms. The molecule has 0 bridgehead atoms. The predicted octanol–water partition coefficient (Wildman–Crippen LogP) is 4.35. The Morgan fingerprint density at radius 1 is 1.10 bits per heavy atom. The van der Waals surface area contributed by atoms with E-state index in [0.717, 1.165) is 32.6 Å². The van der Waals surface area contributed by atoms with E-state index in [0.29, 0.717) is 12.0 Å². The Balaban J connectivity index is 2.56. The Morgan fingerprint density at radius 3 is 2.35 bits per heavy atom. The molecule has 1 unspecified atom stereocenters. The molecule has 0 aromatic heterocycles. The zero-order chi connectivity index (χ0) is 14.8. The summed E-state index contributed by atoms with van der Waals surface area (Å²) < 4.78 is 5.78. The second-order valence-corrected chi connectivity index (χ2v) is 5.88. The molecule has 1 rings (SSSR count). The van der Waals surface area contributed by atoms with Gasteiger partial charge in [0.25, 0.3) is 0 Å². The molecule has 0 radical (unpaired) electrons. The lowest BCUT2D eigenvalue weighted by Crippen LogP contribution is -2.25. The summed E-state index contributed by atoms with van der Waals surface area (Å²) in [5, 5.41) is 3.51. The van der Waals surface area contributed by atoms with Gasteiger partial charge in [-0.2, -0.15) is 0 Å². The molecule has 0 fully saturated rings. The maximum absolute atomic E-state index is 5.78. The highest BCUT2D eigenvalue weighted by Crippen LogP contribution is 2.16. The fraction of sp³-hybridized carbons (Fsp3) is 0.667. The van der Waals surface area contributed by atoms with Crippen molar-refractivity contribution in [2.75, 3.05) is 19.8 Å². The minimum atomic E-state index is 0.310. The van der Waals surface area contributed by atoms with Crippen molar-refractivity contribution < 1.29 is 4.74 Å². The van der Waals surface area contributed by atoms with Gasteiger partial charge in [-0.25, -0.2) is 0 Å². The van der Waals surface area contributed by atoms with Gasteiger partial charge in [-0.1, -0.05) is 58.4 Å². The van der Waals surface area contributed by atoms with E-state index in [4.69, 9.17) is 4.74 Å². The fourth-order valence-corrected chi connectivity index (χ4v) is 2.32. The molecule has 0 aliphatic rings. The lowest BCUT2D eigenvalue weighted by molar-refractivity contribution is 0.109. The van der Waals surface area contributed by atoms with Crippen LogP contribution in [0.2, 0.25) is 0 Å². The van der Waals surface area contributed by atoms with Crippen molar-refractivity contribution in [2.45, 2.75) is 53.0 Å². The summed E-state index contributed by atoms with van der Waals surface area (Å²) in [6.07, 6.45) is 3.49. The van der Waals surface area contributed by atoms with Crippen molar-refractivity contribution in [2.24, 2.45) is 5.92 Å². The number of likely N-dealkylation sites (N-methyl/N-ethyl adjacent to an activating group) is 1. The number of rotatable bonds is 10. The van der Waals surface area contributed by atoms with E-state index in [-0.39, 0.29) is 0 Å². The van der Waals surface area contributed by atoms with Crippen LogP contribution in [0.15, 0.2) is 24.3 Å². The number of ether oxygens (including phenoxy) is 1. The van der Waals surface area contributed by atoms with Crippen LogP contribution in [0.25, 0.3) is 0 Å². The van der Waals surface area contributed by atoms with Gasteiger partial charge in [-0.05, 0) is 36.4 Å². The molecule has 0 amide bonds. The van der Waals surface area contributed by atoms with E-state index in [1.165, 1.54) is 17.5 Å². The molecular formula is C18H31NO. The minimum absolute atomic E-state index is 0.310. The SMILES string of the molecule is CCCCOCC(NCC)c1ccc(CC(C)C)cc1. The van der Waals surface area contributed by atoms with E-state index >= 15 is 0 Å². The van der Waals surface area contributed by atoms with E-state index in [2.05, 4.69) is 57.3 Å². The van der Waals surface area contributed by atoms with Crippen LogP contribution in [0.3, 0.4) is 0 Å². The molecule has 1 N–H and O–H groups in total. The first kappa shape index (κ1) is 17.2. The summed E-state index contributed by atoms with van der Waals surface area (Å²) in [5.74, 6) is 0.711. The Labute approximate surface area is 124 Å². The number of hydrogen-bond acceptors (Lipinski definition) is 2. The van der Waals surface area contributed by atoms with Gasteiger partial charge in [0.15, 0.2) is 0 Å². The average Bonchev–Trinajstić information content (AvgIpc) is 2.43. The standard InChI is InChI=1S/C18H31NO/c1-5-7-12-20-14-18(19-6-2)17-10-8-16(9-11-17)13-15(3)4/h8-11,15,18-19H,5-7,12-14H2,1-4H3. The van der Waals surface area contributed by atoms with Gasteiger partial charge in [0.1, 0.15) is 0 Å². The lowest BCUT2D eigenvalue weighted by Gasteiger charge is -2.19. The second-order valence-electron chi connectivity index (χ2n) is 5.88. The van der Waals surface area contributed by atoms with Crippen LogP contribution >= 0.6 is 0 Å².